The number of hydrogen-bond donors (Lipinski definition) is 2. The van der Waals surface area contributed by atoms with E-state index in [9.17, 15) is 4.79 Å². The number of aromatic nitrogens is 2. The van der Waals surface area contributed by atoms with Crippen molar-refractivity contribution in [3.63, 3.8) is 0 Å². The molecule has 0 spiro atoms. The van der Waals surface area contributed by atoms with Crippen LogP contribution in [0.15, 0.2) is 76.7 Å². The van der Waals surface area contributed by atoms with Crippen molar-refractivity contribution in [3.05, 3.63) is 78.1 Å². The predicted octanol–water partition coefficient (Wildman–Crippen LogP) is 5.60. The van der Waals surface area contributed by atoms with E-state index in [1.54, 1.807) is 30.1 Å². The minimum Gasteiger partial charge on any atom is -0.482 e. The summed E-state index contributed by atoms with van der Waals surface area (Å²) in [5.74, 6) is -0.470. The molecule has 0 bridgehead atoms. The summed E-state index contributed by atoms with van der Waals surface area (Å²) in [4.78, 5) is 21.6. The number of anilines is 2. The molecule has 2 aromatic carbocycles. The fraction of sp³-hybridized carbons (Fsp3) is 0.125. The van der Waals surface area contributed by atoms with Gasteiger partial charge in [-0.15, -0.1) is 0 Å². The lowest BCUT2D eigenvalue weighted by Gasteiger charge is -2.14. The monoisotopic (exact) mass is 431 g/mol. The van der Waals surface area contributed by atoms with E-state index < -0.39 is 5.97 Å². The quantitative estimate of drug-likeness (QED) is 0.394. The van der Waals surface area contributed by atoms with Gasteiger partial charge in [0.25, 0.3) is 0 Å². The first kappa shape index (κ1) is 20.7. The lowest BCUT2D eigenvalue weighted by molar-refractivity contribution is -0.139. The first-order valence-corrected chi connectivity index (χ1v) is 10.5. The Hall–Kier alpha value is -3.58. The van der Waals surface area contributed by atoms with Gasteiger partial charge >= 0.3 is 5.97 Å². The third kappa shape index (κ3) is 5.13. The molecule has 4 aromatic rings. The van der Waals surface area contributed by atoms with Crippen molar-refractivity contribution >= 4 is 40.1 Å². The van der Waals surface area contributed by atoms with E-state index in [1.165, 1.54) is 0 Å². The first-order valence-electron chi connectivity index (χ1n) is 9.70. The Morgan fingerprint density at radius 2 is 1.84 bits per heavy atom. The van der Waals surface area contributed by atoms with Crippen LogP contribution in [0.1, 0.15) is 11.3 Å². The summed E-state index contributed by atoms with van der Waals surface area (Å²) in [6.45, 7) is 3.66. The number of aliphatic carboxylic acids is 1. The molecule has 0 radical (unpaired) electrons. The van der Waals surface area contributed by atoms with E-state index in [1.807, 2.05) is 37.3 Å². The summed E-state index contributed by atoms with van der Waals surface area (Å²) < 4.78 is 5.21. The number of carboxylic acid groups (broad SMARTS) is 1. The van der Waals surface area contributed by atoms with Gasteiger partial charge in [0.05, 0.1) is 11.4 Å². The number of aryl methyl sites for hydroxylation is 2. The Bertz CT molecular complexity index is 1240. The van der Waals surface area contributed by atoms with Gasteiger partial charge < -0.3 is 15.2 Å². The van der Waals surface area contributed by atoms with Gasteiger partial charge in [-0.05, 0) is 74.0 Å². The molecular formula is C24H21N3O3S. The summed E-state index contributed by atoms with van der Waals surface area (Å²) in [6.07, 6.45) is 1.76. The highest BCUT2D eigenvalue weighted by Gasteiger charge is 2.09. The maximum absolute atomic E-state index is 10.7. The Kier molecular flexibility index (Phi) is 6.04. The van der Waals surface area contributed by atoms with Crippen LogP contribution in [0.4, 0.5) is 11.4 Å². The van der Waals surface area contributed by atoms with Gasteiger partial charge in [0.15, 0.2) is 12.3 Å². The van der Waals surface area contributed by atoms with Crippen LogP contribution in [0.25, 0.3) is 11.0 Å². The molecule has 2 aromatic heterocycles. The standard InChI is InChI=1S/C24H21N3O3S/c1-15-3-10-22(31-18-7-5-17(6-8-18)30-14-23(28)29)21(13-15)27-20-11-12-25-24-19(20)9-4-16(2)26-24/h3-13H,14H2,1-2H3,(H,28,29)(H,25,26,27). The van der Waals surface area contributed by atoms with Gasteiger partial charge in [0, 0.05) is 27.1 Å². The van der Waals surface area contributed by atoms with Crippen LogP contribution >= 0.6 is 11.8 Å². The average Bonchev–Trinajstić information content (AvgIpc) is 2.75. The fourth-order valence-electron chi connectivity index (χ4n) is 3.08. The van der Waals surface area contributed by atoms with Crippen LogP contribution < -0.4 is 10.1 Å². The van der Waals surface area contributed by atoms with Gasteiger partial charge in [-0.1, -0.05) is 17.8 Å². The number of nitrogens with one attached hydrogen (secondary N) is 1. The van der Waals surface area contributed by atoms with Crippen LogP contribution in [-0.2, 0) is 4.79 Å². The predicted molar refractivity (Wildman–Crippen MR) is 122 cm³/mol. The zero-order chi connectivity index (χ0) is 21.8. The van der Waals surface area contributed by atoms with Crippen molar-refractivity contribution in [2.24, 2.45) is 0 Å². The second-order valence-electron chi connectivity index (χ2n) is 7.06. The summed E-state index contributed by atoms with van der Waals surface area (Å²) in [5.41, 5.74) is 4.73. The zero-order valence-corrected chi connectivity index (χ0v) is 17.9. The second kappa shape index (κ2) is 9.06. The zero-order valence-electron chi connectivity index (χ0n) is 17.1. The largest absolute Gasteiger partial charge is 0.482 e. The summed E-state index contributed by atoms with van der Waals surface area (Å²) >= 11 is 1.62. The Balaban J connectivity index is 1.59. The van der Waals surface area contributed by atoms with Crippen molar-refractivity contribution in [3.8, 4) is 5.75 Å². The van der Waals surface area contributed by atoms with E-state index in [2.05, 4.69) is 40.4 Å². The Morgan fingerprint density at radius 3 is 2.61 bits per heavy atom. The van der Waals surface area contributed by atoms with Crippen LogP contribution in [0.5, 0.6) is 5.75 Å². The number of carboxylic acids is 1. The number of ether oxygens (including phenoxy) is 1. The van der Waals surface area contributed by atoms with Crippen LogP contribution in [0.3, 0.4) is 0 Å². The van der Waals surface area contributed by atoms with Crippen molar-refractivity contribution < 1.29 is 14.6 Å². The maximum Gasteiger partial charge on any atom is 0.341 e. The third-order valence-corrected chi connectivity index (χ3v) is 5.64. The molecule has 0 aliphatic rings. The smallest absolute Gasteiger partial charge is 0.341 e. The van der Waals surface area contributed by atoms with Gasteiger partial charge in [-0.25, -0.2) is 14.8 Å². The molecule has 0 saturated carbocycles. The molecule has 2 N–H and O–H groups in total. The number of hydrogen-bond acceptors (Lipinski definition) is 6. The highest BCUT2D eigenvalue weighted by atomic mass is 32.2. The molecule has 0 amide bonds. The molecule has 0 aliphatic carbocycles. The summed E-state index contributed by atoms with van der Waals surface area (Å²) in [6, 6.07) is 19.6. The van der Waals surface area contributed by atoms with E-state index in [0.717, 1.165) is 37.8 Å². The third-order valence-electron chi connectivity index (χ3n) is 4.56. The minimum absolute atomic E-state index is 0.354. The normalized spacial score (nSPS) is 10.8. The summed E-state index contributed by atoms with van der Waals surface area (Å²) in [5, 5.41) is 13.2. The lowest BCUT2D eigenvalue weighted by Crippen LogP contribution is -2.09. The molecule has 0 aliphatic heterocycles. The number of nitrogens with zero attached hydrogens (tertiary/aromatic N) is 2. The van der Waals surface area contributed by atoms with E-state index in [4.69, 9.17) is 9.84 Å². The highest BCUT2D eigenvalue weighted by molar-refractivity contribution is 7.99. The summed E-state index contributed by atoms with van der Waals surface area (Å²) in [7, 11) is 0. The SMILES string of the molecule is Cc1ccc(Sc2ccc(OCC(=O)O)cc2)c(Nc2ccnc3nc(C)ccc23)c1. The molecule has 0 fully saturated rings. The van der Waals surface area contributed by atoms with Crippen molar-refractivity contribution in [2.75, 3.05) is 11.9 Å². The number of fused-ring (bicyclic) bond motifs is 1. The fourth-order valence-corrected chi connectivity index (χ4v) is 3.97. The van der Waals surface area contributed by atoms with Crippen LogP contribution in [0.2, 0.25) is 0 Å². The number of benzene rings is 2. The molecule has 7 heteroatoms. The molecule has 0 atom stereocenters. The van der Waals surface area contributed by atoms with Crippen molar-refractivity contribution in [1.82, 2.24) is 9.97 Å². The molecule has 0 unspecified atom stereocenters. The molecule has 156 valence electrons. The maximum atomic E-state index is 10.7. The minimum atomic E-state index is -0.997. The molecule has 31 heavy (non-hydrogen) atoms. The average molecular weight is 432 g/mol. The van der Waals surface area contributed by atoms with E-state index in [-0.39, 0.29) is 6.61 Å². The number of carbonyl (C=O) groups is 1. The van der Waals surface area contributed by atoms with E-state index in [0.29, 0.717) is 11.4 Å². The van der Waals surface area contributed by atoms with E-state index >= 15 is 0 Å². The molecule has 6 nitrogen and oxygen atoms in total. The van der Waals surface area contributed by atoms with Gasteiger partial charge in [0.2, 0.25) is 0 Å². The Morgan fingerprint density at radius 1 is 1.03 bits per heavy atom. The van der Waals surface area contributed by atoms with Gasteiger partial charge in [-0.3, -0.25) is 0 Å². The lowest BCUT2D eigenvalue weighted by atomic mass is 10.2. The second-order valence-corrected chi connectivity index (χ2v) is 8.18. The molecule has 0 saturated heterocycles. The molecule has 4 rings (SSSR count). The first-order chi connectivity index (χ1) is 15.0. The molecular weight excluding hydrogens is 410 g/mol. The van der Waals surface area contributed by atoms with Crippen LogP contribution in [-0.4, -0.2) is 27.7 Å². The van der Waals surface area contributed by atoms with Gasteiger partial charge in [-0.2, -0.15) is 0 Å². The van der Waals surface area contributed by atoms with Crippen LogP contribution in [0, 0.1) is 13.8 Å². The van der Waals surface area contributed by atoms with Crippen molar-refractivity contribution in [2.45, 2.75) is 23.6 Å². The molecule has 2 heterocycles. The van der Waals surface area contributed by atoms with Crippen molar-refractivity contribution in [1.29, 1.82) is 0 Å². The number of rotatable bonds is 7. The highest BCUT2D eigenvalue weighted by Crippen LogP contribution is 2.37. The number of pyridine rings is 2. The topological polar surface area (TPSA) is 84.3 Å². The van der Waals surface area contributed by atoms with Gasteiger partial charge in [0.1, 0.15) is 5.75 Å². The Labute approximate surface area is 184 Å².